The number of rotatable bonds is 4. The Labute approximate surface area is 158 Å². The smallest absolute Gasteiger partial charge is 0.271 e. The third kappa shape index (κ3) is 3.54. The molecule has 0 spiro atoms. The lowest BCUT2D eigenvalue weighted by Gasteiger charge is -2.01. The molecule has 26 heavy (non-hydrogen) atoms. The summed E-state index contributed by atoms with van der Waals surface area (Å²) in [4.78, 5) is 16.6. The van der Waals surface area contributed by atoms with Crippen LogP contribution in [0.3, 0.4) is 0 Å². The first-order chi connectivity index (χ1) is 12.7. The van der Waals surface area contributed by atoms with Gasteiger partial charge in [0.15, 0.2) is 11.5 Å². The van der Waals surface area contributed by atoms with Crippen LogP contribution >= 0.6 is 22.9 Å². The van der Waals surface area contributed by atoms with E-state index in [1.165, 1.54) is 17.6 Å². The summed E-state index contributed by atoms with van der Waals surface area (Å²) in [6, 6.07) is 12.4. The molecule has 0 radical (unpaired) electrons. The van der Waals surface area contributed by atoms with Crippen molar-refractivity contribution in [2.75, 3.05) is 6.79 Å². The first-order valence-electron chi connectivity index (χ1n) is 7.63. The number of nitrogens with zero attached hydrogens (tertiary/aromatic N) is 2. The molecule has 8 heteroatoms. The number of fused-ring (bicyclic) bond motifs is 1. The third-order valence-electron chi connectivity index (χ3n) is 3.61. The summed E-state index contributed by atoms with van der Waals surface area (Å²) in [6.07, 6.45) is 1.50. The van der Waals surface area contributed by atoms with Crippen molar-refractivity contribution in [2.24, 2.45) is 5.10 Å². The van der Waals surface area contributed by atoms with Crippen molar-refractivity contribution in [3.8, 4) is 22.1 Å². The topological polar surface area (TPSA) is 72.8 Å². The molecule has 1 amide bonds. The van der Waals surface area contributed by atoms with Crippen molar-refractivity contribution >= 4 is 35.1 Å². The Morgan fingerprint density at radius 2 is 2.00 bits per heavy atom. The molecule has 1 aliphatic rings. The van der Waals surface area contributed by atoms with E-state index in [0.717, 1.165) is 10.6 Å². The second kappa shape index (κ2) is 7.15. The van der Waals surface area contributed by atoms with Gasteiger partial charge in [-0.3, -0.25) is 4.79 Å². The standard InChI is InChI=1S/C18H12ClN3O3S/c19-13-4-1-11(2-5-13)18-21-14(9-26-18)8-20-22-17(23)12-3-6-15-16(7-12)25-10-24-15/h1-9H,10H2,(H,22,23)/b20-8-. The molecule has 0 saturated heterocycles. The number of amides is 1. The van der Waals surface area contributed by atoms with Gasteiger partial charge in [-0.2, -0.15) is 5.10 Å². The molecule has 0 unspecified atom stereocenters. The van der Waals surface area contributed by atoms with Gasteiger partial charge in [0.05, 0.1) is 11.9 Å². The zero-order chi connectivity index (χ0) is 17.9. The number of halogens is 1. The van der Waals surface area contributed by atoms with Gasteiger partial charge in [0.1, 0.15) is 5.01 Å². The average molecular weight is 386 g/mol. The number of carbonyl (C=O) groups excluding carboxylic acids is 1. The molecule has 6 nitrogen and oxygen atoms in total. The maximum atomic E-state index is 12.1. The predicted octanol–water partition coefficient (Wildman–Crippen LogP) is 3.96. The lowest BCUT2D eigenvalue weighted by Crippen LogP contribution is -2.17. The Balaban J connectivity index is 1.41. The van der Waals surface area contributed by atoms with Crippen molar-refractivity contribution in [1.29, 1.82) is 0 Å². The summed E-state index contributed by atoms with van der Waals surface area (Å²) in [5, 5.41) is 7.35. The van der Waals surface area contributed by atoms with Crippen LogP contribution in [-0.2, 0) is 0 Å². The van der Waals surface area contributed by atoms with Gasteiger partial charge in [0.25, 0.3) is 5.91 Å². The molecule has 0 saturated carbocycles. The van der Waals surface area contributed by atoms with Crippen LogP contribution in [-0.4, -0.2) is 23.9 Å². The Kier molecular flexibility index (Phi) is 4.55. The van der Waals surface area contributed by atoms with Crippen LogP contribution in [0.25, 0.3) is 10.6 Å². The van der Waals surface area contributed by atoms with Crippen molar-refractivity contribution in [1.82, 2.24) is 10.4 Å². The molecule has 2 heterocycles. The molecule has 4 rings (SSSR count). The van der Waals surface area contributed by atoms with E-state index in [2.05, 4.69) is 15.5 Å². The normalized spacial score (nSPS) is 12.5. The molecule has 2 aromatic carbocycles. The van der Waals surface area contributed by atoms with Crippen LogP contribution in [0.5, 0.6) is 11.5 Å². The first-order valence-corrected chi connectivity index (χ1v) is 8.89. The van der Waals surface area contributed by atoms with Crippen molar-refractivity contribution in [2.45, 2.75) is 0 Å². The molecule has 1 aliphatic heterocycles. The van der Waals surface area contributed by atoms with Crippen LogP contribution in [0, 0.1) is 0 Å². The number of ether oxygens (including phenoxy) is 2. The van der Waals surface area contributed by atoms with Gasteiger partial charge in [-0.15, -0.1) is 11.3 Å². The quantitative estimate of drug-likeness (QED) is 0.545. The number of nitrogens with one attached hydrogen (secondary N) is 1. The zero-order valence-electron chi connectivity index (χ0n) is 13.3. The van der Waals surface area contributed by atoms with E-state index in [1.54, 1.807) is 18.2 Å². The molecule has 1 aromatic heterocycles. The zero-order valence-corrected chi connectivity index (χ0v) is 14.9. The van der Waals surface area contributed by atoms with Crippen LogP contribution in [0.15, 0.2) is 52.9 Å². The number of benzene rings is 2. The number of hydrazone groups is 1. The van der Waals surface area contributed by atoms with E-state index in [9.17, 15) is 4.79 Å². The van der Waals surface area contributed by atoms with Gasteiger partial charge in [0, 0.05) is 21.5 Å². The summed E-state index contributed by atoms with van der Waals surface area (Å²) in [6.45, 7) is 0.165. The average Bonchev–Trinajstić information content (AvgIpc) is 3.31. The molecule has 130 valence electrons. The second-order valence-corrected chi connectivity index (χ2v) is 6.65. The molecular weight excluding hydrogens is 374 g/mol. The minimum atomic E-state index is -0.340. The summed E-state index contributed by atoms with van der Waals surface area (Å²) in [7, 11) is 0. The van der Waals surface area contributed by atoms with E-state index in [-0.39, 0.29) is 12.7 Å². The Morgan fingerprint density at radius 3 is 2.85 bits per heavy atom. The van der Waals surface area contributed by atoms with Crippen LogP contribution in [0.1, 0.15) is 16.1 Å². The largest absolute Gasteiger partial charge is 0.454 e. The van der Waals surface area contributed by atoms with Crippen LogP contribution < -0.4 is 14.9 Å². The maximum Gasteiger partial charge on any atom is 0.271 e. The summed E-state index contributed by atoms with van der Waals surface area (Å²) < 4.78 is 10.5. The molecule has 1 N–H and O–H groups in total. The highest BCUT2D eigenvalue weighted by atomic mass is 35.5. The van der Waals surface area contributed by atoms with E-state index >= 15 is 0 Å². The monoisotopic (exact) mass is 385 g/mol. The number of hydrogen-bond donors (Lipinski definition) is 1. The minimum Gasteiger partial charge on any atom is -0.454 e. The summed E-state index contributed by atoms with van der Waals surface area (Å²) >= 11 is 7.38. The molecule has 0 bridgehead atoms. The Morgan fingerprint density at radius 1 is 1.19 bits per heavy atom. The van der Waals surface area contributed by atoms with Gasteiger partial charge in [-0.25, -0.2) is 10.4 Å². The van der Waals surface area contributed by atoms with Crippen LogP contribution in [0.4, 0.5) is 0 Å². The van der Waals surface area contributed by atoms with Gasteiger partial charge in [-0.05, 0) is 30.3 Å². The fourth-order valence-electron chi connectivity index (χ4n) is 2.33. The molecule has 0 aliphatic carbocycles. The SMILES string of the molecule is O=C(N/N=C\c1csc(-c2ccc(Cl)cc2)n1)c1ccc2c(c1)OCO2. The van der Waals surface area contributed by atoms with E-state index < -0.39 is 0 Å². The highest BCUT2D eigenvalue weighted by Crippen LogP contribution is 2.32. The highest BCUT2D eigenvalue weighted by molar-refractivity contribution is 7.13. The van der Waals surface area contributed by atoms with Crippen molar-refractivity contribution in [3.05, 3.63) is 64.1 Å². The van der Waals surface area contributed by atoms with Gasteiger partial charge >= 0.3 is 0 Å². The number of aromatic nitrogens is 1. The maximum absolute atomic E-state index is 12.1. The molecule has 0 fully saturated rings. The Hall–Kier alpha value is -2.90. The first kappa shape index (κ1) is 16.6. The number of thiazole rings is 1. The van der Waals surface area contributed by atoms with Gasteiger partial charge < -0.3 is 9.47 Å². The number of hydrogen-bond acceptors (Lipinski definition) is 6. The number of carbonyl (C=O) groups is 1. The lowest BCUT2D eigenvalue weighted by molar-refractivity contribution is 0.0954. The van der Waals surface area contributed by atoms with Crippen LogP contribution in [0.2, 0.25) is 5.02 Å². The fraction of sp³-hybridized carbons (Fsp3) is 0.0556. The summed E-state index contributed by atoms with van der Waals surface area (Å²) in [5.74, 6) is 0.837. The Bertz CT molecular complexity index is 986. The van der Waals surface area contributed by atoms with E-state index in [4.69, 9.17) is 21.1 Å². The van der Waals surface area contributed by atoms with Crippen molar-refractivity contribution in [3.63, 3.8) is 0 Å². The van der Waals surface area contributed by atoms with Gasteiger partial charge in [-0.1, -0.05) is 23.7 Å². The molecular formula is C18H12ClN3O3S. The van der Waals surface area contributed by atoms with E-state index in [1.807, 2.05) is 29.6 Å². The van der Waals surface area contributed by atoms with Crippen molar-refractivity contribution < 1.29 is 14.3 Å². The molecule has 0 atom stereocenters. The van der Waals surface area contributed by atoms with Gasteiger partial charge in [0.2, 0.25) is 6.79 Å². The fourth-order valence-corrected chi connectivity index (χ4v) is 3.23. The van der Waals surface area contributed by atoms with E-state index in [0.29, 0.717) is 27.8 Å². The summed E-state index contributed by atoms with van der Waals surface area (Å²) in [5.41, 5.74) is 4.55. The minimum absolute atomic E-state index is 0.165. The lowest BCUT2D eigenvalue weighted by atomic mass is 10.2. The molecule has 3 aromatic rings. The highest BCUT2D eigenvalue weighted by Gasteiger charge is 2.15. The third-order valence-corrected chi connectivity index (χ3v) is 4.77. The predicted molar refractivity (Wildman–Crippen MR) is 100 cm³/mol. The second-order valence-electron chi connectivity index (χ2n) is 5.35.